The van der Waals surface area contributed by atoms with Crippen molar-refractivity contribution in [3.8, 4) is 17.2 Å². The molecule has 1 aliphatic heterocycles. The minimum absolute atomic E-state index is 0.300. The Labute approximate surface area is 189 Å². The fourth-order valence-corrected chi connectivity index (χ4v) is 4.20. The van der Waals surface area contributed by atoms with E-state index in [4.69, 9.17) is 18.6 Å². The molecule has 4 aromatic rings. The van der Waals surface area contributed by atoms with E-state index in [1.54, 1.807) is 55.6 Å². The van der Waals surface area contributed by atoms with Gasteiger partial charge in [0.1, 0.15) is 11.3 Å². The lowest BCUT2D eigenvalue weighted by molar-refractivity contribution is -0.122. The predicted molar refractivity (Wildman–Crippen MR) is 123 cm³/mol. The van der Waals surface area contributed by atoms with Gasteiger partial charge in [0.25, 0.3) is 5.91 Å². The highest BCUT2D eigenvalue weighted by molar-refractivity contribution is 5.97. The van der Waals surface area contributed by atoms with Gasteiger partial charge in [-0.25, -0.2) is 4.79 Å². The van der Waals surface area contributed by atoms with Crippen LogP contribution in [0.15, 0.2) is 82.0 Å². The second-order valence-electron chi connectivity index (χ2n) is 7.61. The summed E-state index contributed by atoms with van der Waals surface area (Å²) in [6.07, 6.45) is -0.994. The van der Waals surface area contributed by atoms with Crippen LogP contribution in [0.1, 0.15) is 17.0 Å². The Morgan fingerprint density at radius 2 is 1.64 bits per heavy atom. The third-order valence-electron chi connectivity index (χ3n) is 5.72. The van der Waals surface area contributed by atoms with Crippen LogP contribution in [-0.4, -0.2) is 26.2 Å². The number of ether oxygens (including phenoxy) is 3. The quantitative estimate of drug-likeness (QED) is 0.462. The fourth-order valence-electron chi connectivity index (χ4n) is 4.20. The molecule has 0 spiro atoms. The van der Waals surface area contributed by atoms with Gasteiger partial charge in [-0.15, -0.1) is 0 Å². The highest BCUT2D eigenvalue weighted by atomic mass is 16.5. The monoisotopic (exact) mass is 443 g/mol. The number of hydrogen-bond acceptors (Lipinski definition) is 6. The van der Waals surface area contributed by atoms with Crippen LogP contribution in [0, 0.1) is 0 Å². The van der Waals surface area contributed by atoms with Crippen molar-refractivity contribution < 1.29 is 23.4 Å². The van der Waals surface area contributed by atoms with Crippen LogP contribution >= 0.6 is 0 Å². The van der Waals surface area contributed by atoms with Crippen molar-refractivity contribution in [2.75, 3.05) is 19.5 Å². The second-order valence-corrected chi connectivity index (χ2v) is 7.61. The number of benzene rings is 3. The predicted octanol–water partition coefficient (Wildman–Crippen LogP) is 4.34. The van der Waals surface area contributed by atoms with Crippen molar-refractivity contribution >= 4 is 22.6 Å². The zero-order valence-corrected chi connectivity index (χ0v) is 18.0. The Kier molecular flexibility index (Phi) is 5.22. The number of amides is 1. The van der Waals surface area contributed by atoms with Crippen molar-refractivity contribution in [3.05, 3.63) is 94.3 Å². The van der Waals surface area contributed by atoms with Gasteiger partial charge in [-0.1, -0.05) is 36.4 Å². The second kappa shape index (κ2) is 8.35. The maximum Gasteiger partial charge on any atom is 0.344 e. The molecule has 0 fully saturated rings. The average molecular weight is 443 g/mol. The minimum atomic E-state index is -0.994. The van der Waals surface area contributed by atoms with Crippen molar-refractivity contribution in [3.63, 3.8) is 0 Å². The lowest BCUT2D eigenvalue weighted by Gasteiger charge is -2.20. The molecule has 1 N–H and O–H groups in total. The zero-order chi connectivity index (χ0) is 22.9. The molecular formula is C26H21NO6. The molecule has 1 amide bonds. The third-order valence-corrected chi connectivity index (χ3v) is 5.72. The van der Waals surface area contributed by atoms with Crippen LogP contribution in [0.4, 0.5) is 5.69 Å². The summed E-state index contributed by atoms with van der Waals surface area (Å²) in [6.45, 7) is 0. The molecule has 1 aromatic heterocycles. The van der Waals surface area contributed by atoms with E-state index in [0.717, 1.165) is 0 Å². The van der Waals surface area contributed by atoms with E-state index in [2.05, 4.69) is 5.32 Å². The number of fused-ring (bicyclic) bond motifs is 3. The van der Waals surface area contributed by atoms with Crippen molar-refractivity contribution in [2.45, 2.75) is 12.0 Å². The molecule has 2 atom stereocenters. The molecule has 0 saturated carbocycles. The van der Waals surface area contributed by atoms with Crippen LogP contribution in [0.2, 0.25) is 0 Å². The van der Waals surface area contributed by atoms with E-state index in [0.29, 0.717) is 45.0 Å². The molecule has 0 radical (unpaired) electrons. The summed E-state index contributed by atoms with van der Waals surface area (Å²) in [7, 11) is 3.07. The lowest BCUT2D eigenvalue weighted by Crippen LogP contribution is -2.35. The number of methoxy groups -OCH3 is 2. The summed E-state index contributed by atoms with van der Waals surface area (Å²) in [5, 5.41) is 3.52. The van der Waals surface area contributed by atoms with E-state index in [1.165, 1.54) is 7.11 Å². The highest BCUT2D eigenvalue weighted by Crippen LogP contribution is 2.46. The first kappa shape index (κ1) is 20.6. The highest BCUT2D eigenvalue weighted by Gasteiger charge is 2.44. The van der Waals surface area contributed by atoms with Crippen LogP contribution in [0.3, 0.4) is 0 Å². The van der Waals surface area contributed by atoms with Crippen molar-refractivity contribution in [1.82, 2.24) is 0 Å². The molecule has 1 aliphatic rings. The Balaban J connectivity index is 1.66. The molecule has 33 heavy (non-hydrogen) atoms. The first-order valence-electron chi connectivity index (χ1n) is 10.4. The van der Waals surface area contributed by atoms with Crippen LogP contribution in [0.5, 0.6) is 17.2 Å². The van der Waals surface area contributed by atoms with E-state index in [9.17, 15) is 9.59 Å². The molecule has 7 nitrogen and oxygen atoms in total. The normalized spacial score (nSPS) is 16.7. The topological polar surface area (TPSA) is 87.0 Å². The molecule has 0 aliphatic carbocycles. The number of hydrogen-bond donors (Lipinski definition) is 1. The Bertz CT molecular complexity index is 1400. The molecule has 0 bridgehead atoms. The first-order chi connectivity index (χ1) is 16.1. The summed E-state index contributed by atoms with van der Waals surface area (Å²) in [6, 6.07) is 21.5. The van der Waals surface area contributed by atoms with Gasteiger partial charge < -0.3 is 23.9 Å². The summed E-state index contributed by atoms with van der Waals surface area (Å²) in [5.74, 6) is 0.298. The molecule has 2 heterocycles. The maximum absolute atomic E-state index is 13.4. The van der Waals surface area contributed by atoms with E-state index < -0.39 is 17.6 Å². The average Bonchev–Trinajstić information content (AvgIpc) is 3.26. The van der Waals surface area contributed by atoms with Gasteiger partial charge in [0.2, 0.25) is 0 Å². The largest absolute Gasteiger partial charge is 0.493 e. The van der Waals surface area contributed by atoms with Gasteiger partial charge in [-0.3, -0.25) is 4.79 Å². The van der Waals surface area contributed by atoms with Crippen LogP contribution in [-0.2, 0) is 4.79 Å². The Morgan fingerprint density at radius 3 is 2.39 bits per heavy atom. The lowest BCUT2D eigenvalue weighted by atomic mass is 9.88. The molecular weight excluding hydrogens is 422 g/mol. The Hall–Kier alpha value is -4.26. The molecule has 0 saturated heterocycles. The number of carbonyl (C=O) groups is 1. The standard InChI is InChI=1S/C26H21NO6/c1-30-19-13-12-15(14-20(19)31-2)21-22-23(17-10-6-7-11-18(17)32-26(22)29)33-24(21)25(28)27-16-8-4-3-5-9-16/h3-14,21,24H,1-2H3,(H,27,28)/t21-,24-/m0/s1. The van der Waals surface area contributed by atoms with Crippen LogP contribution < -0.4 is 25.2 Å². The van der Waals surface area contributed by atoms with Gasteiger partial charge in [0.05, 0.1) is 31.1 Å². The van der Waals surface area contributed by atoms with E-state index >= 15 is 0 Å². The number of carbonyl (C=O) groups excluding carboxylic acids is 1. The summed E-state index contributed by atoms with van der Waals surface area (Å²) in [4.78, 5) is 26.4. The summed E-state index contributed by atoms with van der Waals surface area (Å²) in [5.41, 5.74) is 1.45. The van der Waals surface area contributed by atoms with E-state index in [-0.39, 0.29) is 5.91 Å². The molecule has 5 rings (SSSR count). The number of para-hydroxylation sites is 2. The molecule has 0 unspecified atom stereocenters. The van der Waals surface area contributed by atoms with Gasteiger partial charge in [0, 0.05) is 5.69 Å². The number of anilines is 1. The Morgan fingerprint density at radius 1 is 0.909 bits per heavy atom. The fraction of sp³-hybridized carbons (Fsp3) is 0.154. The number of rotatable bonds is 5. The van der Waals surface area contributed by atoms with Gasteiger partial charge in [-0.05, 0) is 42.0 Å². The zero-order valence-electron chi connectivity index (χ0n) is 18.0. The minimum Gasteiger partial charge on any atom is -0.493 e. The number of nitrogens with one attached hydrogen (secondary N) is 1. The first-order valence-corrected chi connectivity index (χ1v) is 10.4. The van der Waals surface area contributed by atoms with Gasteiger partial charge in [0.15, 0.2) is 17.6 Å². The van der Waals surface area contributed by atoms with Gasteiger partial charge in [-0.2, -0.15) is 0 Å². The SMILES string of the molecule is COc1ccc([C@H]2c3c(c4ccccc4oc3=O)O[C@@H]2C(=O)Nc2ccccc2)cc1OC. The van der Waals surface area contributed by atoms with Gasteiger partial charge >= 0.3 is 5.63 Å². The summed E-state index contributed by atoms with van der Waals surface area (Å²) >= 11 is 0. The molecule has 7 heteroatoms. The maximum atomic E-state index is 13.4. The molecule has 3 aromatic carbocycles. The third kappa shape index (κ3) is 3.57. The van der Waals surface area contributed by atoms with E-state index in [1.807, 2.05) is 24.3 Å². The van der Waals surface area contributed by atoms with Crippen LogP contribution in [0.25, 0.3) is 11.0 Å². The smallest absolute Gasteiger partial charge is 0.344 e. The molecule has 166 valence electrons. The van der Waals surface area contributed by atoms with Crippen molar-refractivity contribution in [2.24, 2.45) is 0 Å². The summed E-state index contributed by atoms with van der Waals surface area (Å²) < 4.78 is 22.6. The van der Waals surface area contributed by atoms with Crippen molar-refractivity contribution in [1.29, 1.82) is 0 Å².